The molecule has 188 valence electrons. The molecule has 0 aliphatic carbocycles. The van der Waals surface area contributed by atoms with Crippen molar-refractivity contribution in [3.05, 3.63) is 59.2 Å². The van der Waals surface area contributed by atoms with Crippen LogP contribution in [0.5, 0.6) is 17.2 Å². The Morgan fingerprint density at radius 1 is 0.829 bits per heavy atom. The number of hydrogen-bond acceptors (Lipinski definition) is 6. The summed E-state index contributed by atoms with van der Waals surface area (Å²) >= 11 is 0. The average molecular weight is 481 g/mol. The van der Waals surface area contributed by atoms with Crippen molar-refractivity contribution in [3.8, 4) is 17.2 Å². The second-order valence-electron chi connectivity index (χ2n) is 10.5. The second-order valence-corrected chi connectivity index (χ2v) is 10.5. The third-order valence-corrected chi connectivity index (χ3v) is 5.12. The van der Waals surface area contributed by atoms with Gasteiger partial charge in [-0.3, -0.25) is 14.4 Å². The molecule has 2 aromatic rings. The van der Waals surface area contributed by atoms with E-state index in [1.807, 2.05) is 13.0 Å². The summed E-state index contributed by atoms with van der Waals surface area (Å²) in [6, 6.07) is 10.0. The van der Waals surface area contributed by atoms with Crippen molar-refractivity contribution in [2.45, 2.75) is 61.3 Å². The molecule has 0 aromatic heterocycles. The van der Waals surface area contributed by atoms with E-state index in [0.717, 1.165) is 12.0 Å². The summed E-state index contributed by atoms with van der Waals surface area (Å²) in [6.07, 6.45) is 4.72. The van der Waals surface area contributed by atoms with Gasteiger partial charge < -0.3 is 14.2 Å². The first kappa shape index (κ1) is 27.8. The van der Waals surface area contributed by atoms with Crippen molar-refractivity contribution in [1.82, 2.24) is 0 Å². The van der Waals surface area contributed by atoms with Gasteiger partial charge in [-0.1, -0.05) is 13.3 Å². The first-order valence-corrected chi connectivity index (χ1v) is 11.7. The van der Waals surface area contributed by atoms with Gasteiger partial charge in [0.1, 0.15) is 17.2 Å². The van der Waals surface area contributed by atoms with E-state index < -0.39 is 10.8 Å². The molecule has 0 radical (unpaired) electrons. The van der Waals surface area contributed by atoms with Crippen LogP contribution in [0.25, 0.3) is 6.08 Å². The van der Waals surface area contributed by atoms with Crippen molar-refractivity contribution >= 4 is 23.8 Å². The van der Waals surface area contributed by atoms with Gasteiger partial charge in [-0.05, 0) is 96.0 Å². The summed E-state index contributed by atoms with van der Waals surface area (Å²) in [6.45, 7) is 12.8. The minimum Gasteiger partial charge on any atom is -0.496 e. The molecule has 35 heavy (non-hydrogen) atoms. The molecule has 0 saturated carbocycles. The second kappa shape index (κ2) is 11.3. The third-order valence-electron chi connectivity index (χ3n) is 5.12. The number of benzene rings is 2. The summed E-state index contributed by atoms with van der Waals surface area (Å²) in [7, 11) is 1.53. The maximum atomic E-state index is 12.7. The van der Waals surface area contributed by atoms with Crippen LogP contribution in [0, 0.1) is 10.8 Å². The lowest BCUT2D eigenvalue weighted by atomic mass is 9.97. The van der Waals surface area contributed by atoms with Gasteiger partial charge in [0.05, 0.1) is 17.9 Å². The smallest absolute Gasteiger partial charge is 0.316 e. The number of esters is 2. The van der Waals surface area contributed by atoms with Gasteiger partial charge in [0.25, 0.3) is 0 Å². The fourth-order valence-electron chi connectivity index (χ4n) is 2.95. The highest BCUT2D eigenvalue weighted by atomic mass is 16.5. The van der Waals surface area contributed by atoms with Crippen molar-refractivity contribution in [3.63, 3.8) is 0 Å². The van der Waals surface area contributed by atoms with E-state index in [0.29, 0.717) is 34.8 Å². The molecule has 6 nitrogen and oxygen atoms in total. The molecule has 2 rings (SSSR count). The normalized spacial score (nSPS) is 11.9. The molecule has 0 spiro atoms. The van der Waals surface area contributed by atoms with Crippen LogP contribution < -0.4 is 14.2 Å². The quantitative estimate of drug-likeness (QED) is 0.187. The first-order valence-electron chi connectivity index (χ1n) is 11.7. The van der Waals surface area contributed by atoms with Crippen molar-refractivity contribution in [2.24, 2.45) is 10.8 Å². The van der Waals surface area contributed by atoms with Gasteiger partial charge >= 0.3 is 11.9 Å². The van der Waals surface area contributed by atoms with Crippen LogP contribution in [0.2, 0.25) is 0 Å². The molecule has 0 N–H and O–H groups in total. The number of ketones is 1. The third kappa shape index (κ3) is 7.81. The topological polar surface area (TPSA) is 78.9 Å². The molecule has 0 fully saturated rings. The summed E-state index contributed by atoms with van der Waals surface area (Å²) in [5.74, 6) is 0.468. The van der Waals surface area contributed by atoms with E-state index in [-0.39, 0.29) is 17.7 Å². The maximum absolute atomic E-state index is 12.7. The number of ether oxygens (including phenoxy) is 3. The number of carbonyl (C=O) groups excluding carboxylic acids is 3. The molecule has 0 bridgehead atoms. The molecule has 0 amide bonds. The molecule has 0 saturated heterocycles. The van der Waals surface area contributed by atoms with Crippen LogP contribution in [0.4, 0.5) is 0 Å². The van der Waals surface area contributed by atoms with Gasteiger partial charge in [-0.25, -0.2) is 0 Å². The first-order chi connectivity index (χ1) is 16.3. The highest BCUT2D eigenvalue weighted by Gasteiger charge is 2.25. The molecule has 0 aliphatic rings. The monoisotopic (exact) mass is 480 g/mol. The Balaban J connectivity index is 2.26. The van der Waals surface area contributed by atoms with Crippen LogP contribution >= 0.6 is 0 Å². The highest BCUT2D eigenvalue weighted by Crippen LogP contribution is 2.33. The van der Waals surface area contributed by atoms with E-state index in [1.54, 1.807) is 78.0 Å². The number of rotatable bonds is 8. The highest BCUT2D eigenvalue weighted by molar-refractivity contribution is 6.07. The van der Waals surface area contributed by atoms with Crippen molar-refractivity contribution < 1.29 is 28.6 Å². The zero-order chi connectivity index (χ0) is 26.4. The molecule has 0 aliphatic heterocycles. The summed E-state index contributed by atoms with van der Waals surface area (Å²) in [5.41, 5.74) is 0.773. The van der Waals surface area contributed by atoms with Gasteiger partial charge in [-0.2, -0.15) is 0 Å². The minimum atomic E-state index is -0.637. The van der Waals surface area contributed by atoms with Crippen LogP contribution in [0.15, 0.2) is 42.5 Å². The number of aryl methyl sites for hydroxylation is 1. The predicted octanol–water partition coefficient (Wildman–Crippen LogP) is 6.45. The Labute approximate surface area is 208 Å². The fraction of sp³-hybridized carbons (Fsp3) is 0.414. The zero-order valence-corrected chi connectivity index (χ0v) is 22.0. The van der Waals surface area contributed by atoms with Crippen LogP contribution in [0.3, 0.4) is 0 Å². The van der Waals surface area contributed by atoms with E-state index in [2.05, 4.69) is 0 Å². The van der Waals surface area contributed by atoms with Crippen LogP contribution in [-0.2, 0) is 16.0 Å². The lowest BCUT2D eigenvalue weighted by Gasteiger charge is -2.19. The lowest BCUT2D eigenvalue weighted by molar-refractivity contribution is -0.143. The van der Waals surface area contributed by atoms with E-state index in [1.165, 1.54) is 13.2 Å². The van der Waals surface area contributed by atoms with Gasteiger partial charge in [0.2, 0.25) is 0 Å². The molecule has 0 heterocycles. The Kier molecular flexibility index (Phi) is 9.02. The molecule has 0 unspecified atom stereocenters. The molecular formula is C29H36O6. The Morgan fingerprint density at radius 3 is 1.91 bits per heavy atom. The maximum Gasteiger partial charge on any atom is 0.316 e. The fourth-order valence-corrected chi connectivity index (χ4v) is 2.95. The van der Waals surface area contributed by atoms with Crippen LogP contribution in [-0.4, -0.2) is 24.8 Å². The molecular weight excluding hydrogens is 444 g/mol. The summed E-state index contributed by atoms with van der Waals surface area (Å²) in [5, 5.41) is 0. The molecule has 6 heteroatoms. The van der Waals surface area contributed by atoms with Crippen molar-refractivity contribution in [1.29, 1.82) is 0 Å². The molecule has 0 atom stereocenters. The van der Waals surface area contributed by atoms with E-state index in [4.69, 9.17) is 14.2 Å². The summed E-state index contributed by atoms with van der Waals surface area (Å²) in [4.78, 5) is 37.2. The lowest BCUT2D eigenvalue weighted by Crippen LogP contribution is -2.26. The Morgan fingerprint density at radius 2 is 1.40 bits per heavy atom. The largest absolute Gasteiger partial charge is 0.496 e. The van der Waals surface area contributed by atoms with Gasteiger partial charge in [0.15, 0.2) is 5.78 Å². The molecule has 2 aromatic carbocycles. The van der Waals surface area contributed by atoms with Crippen LogP contribution in [0.1, 0.15) is 76.4 Å². The Hall–Kier alpha value is -3.41. The average Bonchev–Trinajstić information content (AvgIpc) is 2.77. The zero-order valence-electron chi connectivity index (χ0n) is 22.0. The number of allylic oxidation sites excluding steroid dienone is 1. The number of methoxy groups -OCH3 is 1. The summed E-state index contributed by atoms with van der Waals surface area (Å²) < 4.78 is 16.5. The van der Waals surface area contributed by atoms with Gasteiger partial charge in [-0.15, -0.1) is 0 Å². The van der Waals surface area contributed by atoms with Gasteiger partial charge in [0, 0.05) is 17.2 Å². The number of hydrogen-bond donors (Lipinski definition) is 0. The standard InChI is InChI=1S/C29H36O6/c1-9-10-20-17-21(24(33-8)18-25(20)35-27(32)29(5,6)7)13-16-23(30)19-11-14-22(15-12-19)34-26(31)28(2,3)4/h11-18H,9-10H2,1-8H3/b16-13+. The van der Waals surface area contributed by atoms with E-state index in [9.17, 15) is 14.4 Å². The Bertz CT molecular complexity index is 1100. The number of carbonyl (C=O) groups is 3. The van der Waals surface area contributed by atoms with E-state index >= 15 is 0 Å². The predicted molar refractivity (Wildman–Crippen MR) is 137 cm³/mol. The SMILES string of the molecule is CCCc1cc(/C=C/C(=O)c2ccc(OC(=O)C(C)(C)C)cc2)c(OC)cc1OC(=O)C(C)(C)C. The minimum absolute atomic E-state index is 0.207. The van der Waals surface area contributed by atoms with Crippen molar-refractivity contribution in [2.75, 3.05) is 7.11 Å².